The molecule has 0 fully saturated rings. The molecule has 0 amide bonds. The molecule has 2 rings (SSSR count). The van der Waals surface area contributed by atoms with Crippen molar-refractivity contribution < 1.29 is 9.84 Å². The summed E-state index contributed by atoms with van der Waals surface area (Å²) in [6, 6.07) is 11.4. The van der Waals surface area contributed by atoms with Gasteiger partial charge in [0.25, 0.3) is 0 Å². The number of phenols is 1. The van der Waals surface area contributed by atoms with Crippen LogP contribution in [0.2, 0.25) is 0 Å². The van der Waals surface area contributed by atoms with E-state index in [2.05, 4.69) is 22.6 Å². The third kappa shape index (κ3) is 2.87. The lowest BCUT2D eigenvalue weighted by Gasteiger charge is -2.08. The van der Waals surface area contributed by atoms with Gasteiger partial charge >= 0.3 is 0 Å². The largest absolute Gasteiger partial charge is 0.507 e. The Bertz CT molecular complexity index is 570. The summed E-state index contributed by atoms with van der Waals surface area (Å²) in [6.07, 6.45) is 0.782. The number of methoxy groups -OCH3 is 1. The molecule has 0 bridgehead atoms. The molecule has 18 heavy (non-hydrogen) atoms. The lowest BCUT2D eigenvalue weighted by Crippen LogP contribution is -1.95. The maximum atomic E-state index is 9.48. The summed E-state index contributed by atoms with van der Waals surface area (Å²) in [5, 5.41) is 9.48. The quantitative estimate of drug-likeness (QED) is 0.657. The Morgan fingerprint density at radius 3 is 2.44 bits per heavy atom. The summed E-state index contributed by atoms with van der Waals surface area (Å²) in [4.78, 5) is 0. The van der Waals surface area contributed by atoms with Gasteiger partial charge in [0.05, 0.1) is 16.4 Å². The highest BCUT2D eigenvalue weighted by Gasteiger charge is 2.04. The topological polar surface area (TPSA) is 55.5 Å². The highest BCUT2D eigenvalue weighted by atomic mass is 127. The number of halogens is 1. The van der Waals surface area contributed by atoms with Crippen LogP contribution in [0, 0.1) is 3.57 Å². The minimum atomic E-state index is 0.314. The van der Waals surface area contributed by atoms with E-state index in [1.54, 1.807) is 13.2 Å². The van der Waals surface area contributed by atoms with Crippen LogP contribution in [-0.4, -0.2) is 12.2 Å². The second-order valence-electron chi connectivity index (χ2n) is 4.04. The Morgan fingerprint density at radius 2 is 1.83 bits per heavy atom. The molecule has 0 aliphatic heterocycles. The predicted molar refractivity (Wildman–Crippen MR) is 81.0 cm³/mol. The summed E-state index contributed by atoms with van der Waals surface area (Å²) in [7, 11) is 1.60. The minimum Gasteiger partial charge on any atom is -0.507 e. The van der Waals surface area contributed by atoms with Crippen LogP contribution in [0.1, 0.15) is 11.1 Å². The lowest BCUT2D eigenvalue weighted by molar-refractivity contribution is 0.417. The van der Waals surface area contributed by atoms with Crippen molar-refractivity contribution in [2.45, 2.75) is 6.42 Å². The maximum Gasteiger partial charge on any atom is 0.141 e. The van der Waals surface area contributed by atoms with E-state index >= 15 is 0 Å². The van der Waals surface area contributed by atoms with Gasteiger partial charge in [0.15, 0.2) is 0 Å². The number of hydrogen-bond donors (Lipinski definition) is 2. The zero-order chi connectivity index (χ0) is 13.1. The number of nitrogens with two attached hydrogens (primary N) is 1. The summed E-state index contributed by atoms with van der Waals surface area (Å²) in [5.74, 6) is 1.01. The van der Waals surface area contributed by atoms with Crippen LogP contribution < -0.4 is 10.5 Å². The molecule has 2 aromatic rings. The molecular weight excluding hydrogens is 341 g/mol. The van der Waals surface area contributed by atoms with Gasteiger partial charge < -0.3 is 15.6 Å². The first-order chi connectivity index (χ1) is 8.60. The Balaban J connectivity index is 2.23. The van der Waals surface area contributed by atoms with E-state index in [0.717, 1.165) is 21.1 Å². The molecule has 0 aliphatic rings. The van der Waals surface area contributed by atoms with Crippen molar-refractivity contribution in [3.63, 3.8) is 0 Å². The van der Waals surface area contributed by atoms with Crippen LogP contribution in [0.15, 0.2) is 36.4 Å². The van der Waals surface area contributed by atoms with Crippen molar-refractivity contribution in [3.8, 4) is 11.5 Å². The summed E-state index contributed by atoms with van der Waals surface area (Å²) >= 11 is 2.12. The van der Waals surface area contributed by atoms with Crippen molar-refractivity contribution in [3.05, 3.63) is 51.1 Å². The smallest absolute Gasteiger partial charge is 0.141 e. The fourth-order valence-corrected chi connectivity index (χ4v) is 2.37. The number of anilines is 1. The molecule has 0 aromatic heterocycles. The van der Waals surface area contributed by atoms with E-state index in [-0.39, 0.29) is 0 Å². The molecule has 0 heterocycles. The van der Waals surface area contributed by atoms with Crippen molar-refractivity contribution in [2.75, 3.05) is 12.8 Å². The normalized spacial score (nSPS) is 10.3. The Labute approximate surface area is 120 Å². The number of nitrogen functional groups attached to an aromatic ring is 1. The molecule has 2 aromatic carbocycles. The van der Waals surface area contributed by atoms with Gasteiger partial charge in [-0.3, -0.25) is 0 Å². The van der Waals surface area contributed by atoms with Crippen LogP contribution in [0.5, 0.6) is 11.5 Å². The van der Waals surface area contributed by atoms with E-state index in [9.17, 15) is 5.11 Å². The van der Waals surface area contributed by atoms with Gasteiger partial charge in [0.2, 0.25) is 0 Å². The summed E-state index contributed by atoms with van der Waals surface area (Å²) < 4.78 is 5.98. The van der Waals surface area contributed by atoms with Gasteiger partial charge in [0.1, 0.15) is 11.5 Å². The third-order valence-electron chi connectivity index (χ3n) is 2.71. The van der Waals surface area contributed by atoms with Gasteiger partial charge in [0, 0.05) is 0 Å². The van der Waals surface area contributed by atoms with Gasteiger partial charge in [-0.1, -0.05) is 12.1 Å². The van der Waals surface area contributed by atoms with Crippen LogP contribution >= 0.6 is 22.6 Å². The molecule has 0 unspecified atom stereocenters. The average Bonchev–Trinajstić information content (AvgIpc) is 2.34. The molecule has 94 valence electrons. The van der Waals surface area contributed by atoms with Crippen LogP contribution in [-0.2, 0) is 6.42 Å². The zero-order valence-electron chi connectivity index (χ0n) is 9.98. The number of phenolic OH excluding ortho intramolecular Hbond substituents is 1. The molecule has 0 radical (unpaired) electrons. The maximum absolute atomic E-state index is 9.48. The minimum absolute atomic E-state index is 0.314. The van der Waals surface area contributed by atoms with Crippen LogP contribution in [0.25, 0.3) is 0 Å². The second kappa shape index (κ2) is 5.48. The number of aromatic hydroxyl groups is 1. The molecule has 0 saturated carbocycles. The SMILES string of the molecule is COc1ccc(Cc2ccc(O)c(I)c2)cc1N. The van der Waals surface area contributed by atoms with E-state index in [0.29, 0.717) is 17.2 Å². The van der Waals surface area contributed by atoms with Crippen molar-refractivity contribution >= 4 is 28.3 Å². The molecule has 0 aliphatic carbocycles. The van der Waals surface area contributed by atoms with Crippen molar-refractivity contribution in [2.24, 2.45) is 0 Å². The third-order valence-corrected chi connectivity index (χ3v) is 3.58. The van der Waals surface area contributed by atoms with Gasteiger partial charge in [-0.25, -0.2) is 0 Å². The molecule has 0 spiro atoms. The molecule has 3 N–H and O–H groups in total. The monoisotopic (exact) mass is 355 g/mol. The van der Waals surface area contributed by atoms with Gasteiger partial charge in [-0.05, 0) is 64.4 Å². The van der Waals surface area contributed by atoms with Crippen LogP contribution in [0.4, 0.5) is 5.69 Å². The fraction of sp³-hybridized carbons (Fsp3) is 0.143. The lowest BCUT2D eigenvalue weighted by atomic mass is 10.0. The Morgan fingerprint density at radius 1 is 1.17 bits per heavy atom. The van der Waals surface area contributed by atoms with Crippen molar-refractivity contribution in [1.82, 2.24) is 0 Å². The number of ether oxygens (including phenoxy) is 1. The molecular formula is C14H14INO2. The Hall–Kier alpha value is -1.43. The molecule has 0 saturated heterocycles. The molecule has 0 atom stereocenters. The van der Waals surface area contributed by atoms with E-state index in [4.69, 9.17) is 10.5 Å². The van der Waals surface area contributed by atoms with E-state index in [1.165, 1.54) is 0 Å². The standard InChI is InChI=1S/C14H14INO2/c1-18-14-5-3-10(8-12(14)16)6-9-2-4-13(17)11(15)7-9/h2-5,7-8,17H,6,16H2,1H3. The first-order valence-corrected chi connectivity index (χ1v) is 6.58. The summed E-state index contributed by atoms with van der Waals surface area (Å²) in [5.41, 5.74) is 8.78. The number of benzene rings is 2. The second-order valence-corrected chi connectivity index (χ2v) is 5.20. The predicted octanol–water partition coefficient (Wildman–Crippen LogP) is 3.18. The molecule has 3 nitrogen and oxygen atoms in total. The Kier molecular flexibility index (Phi) is 3.96. The highest BCUT2D eigenvalue weighted by Crippen LogP contribution is 2.25. The summed E-state index contributed by atoms with van der Waals surface area (Å²) in [6.45, 7) is 0. The zero-order valence-corrected chi connectivity index (χ0v) is 12.1. The van der Waals surface area contributed by atoms with E-state index < -0.39 is 0 Å². The van der Waals surface area contributed by atoms with Crippen LogP contribution in [0.3, 0.4) is 0 Å². The van der Waals surface area contributed by atoms with Gasteiger partial charge in [-0.2, -0.15) is 0 Å². The average molecular weight is 355 g/mol. The van der Waals surface area contributed by atoms with Crippen molar-refractivity contribution in [1.29, 1.82) is 0 Å². The van der Waals surface area contributed by atoms with E-state index in [1.807, 2.05) is 30.3 Å². The number of rotatable bonds is 3. The molecule has 4 heteroatoms. The first kappa shape index (κ1) is 13.0. The van der Waals surface area contributed by atoms with Gasteiger partial charge in [-0.15, -0.1) is 0 Å². The first-order valence-electron chi connectivity index (χ1n) is 5.50. The fourth-order valence-electron chi connectivity index (χ4n) is 1.79. The highest BCUT2D eigenvalue weighted by molar-refractivity contribution is 14.1. The number of hydrogen-bond acceptors (Lipinski definition) is 3.